The zero-order valence-corrected chi connectivity index (χ0v) is 15.8. The second kappa shape index (κ2) is 9.44. The lowest BCUT2D eigenvalue weighted by atomic mass is 10.00. The van der Waals surface area contributed by atoms with Crippen LogP contribution < -0.4 is 21.9 Å². The Morgan fingerprint density at radius 3 is 2.46 bits per heavy atom. The Labute approximate surface area is 161 Å². The van der Waals surface area contributed by atoms with Crippen molar-refractivity contribution in [2.75, 3.05) is 13.2 Å². The van der Waals surface area contributed by atoms with Gasteiger partial charge in [-0.3, -0.25) is 4.72 Å². The lowest BCUT2D eigenvalue weighted by Gasteiger charge is -2.11. The van der Waals surface area contributed by atoms with Crippen LogP contribution in [0.3, 0.4) is 0 Å². The Morgan fingerprint density at radius 1 is 1.19 bits per heavy atom. The highest BCUT2D eigenvalue weighted by Gasteiger charge is 2.10. The molecule has 0 fully saturated rings. The number of aliphatic hydroxyl groups excluding tert-OH is 1. The molecular weight excluding hydrogens is 372 g/mol. The number of rotatable bonds is 6. The number of aliphatic imine (C=N–C) groups is 2. The van der Waals surface area contributed by atoms with Crippen LogP contribution in [0.15, 0.2) is 51.3 Å². The van der Waals surface area contributed by atoms with Gasteiger partial charge in [-0.2, -0.15) is 4.99 Å². The van der Waals surface area contributed by atoms with Crippen LogP contribution in [0, 0.1) is 6.92 Å². The fourth-order valence-corrected chi connectivity index (χ4v) is 3.32. The van der Waals surface area contributed by atoms with Gasteiger partial charge in [-0.25, -0.2) is 4.99 Å². The van der Waals surface area contributed by atoms with Crippen LogP contribution in [0.2, 0.25) is 5.02 Å². The van der Waals surface area contributed by atoms with Crippen LogP contribution in [-0.4, -0.2) is 30.2 Å². The summed E-state index contributed by atoms with van der Waals surface area (Å²) in [6, 6.07) is 11.5. The second-order valence-corrected chi connectivity index (χ2v) is 6.74. The van der Waals surface area contributed by atoms with Crippen LogP contribution in [0.5, 0.6) is 0 Å². The first-order valence-electron chi connectivity index (χ1n) is 7.75. The number of guanidine groups is 2. The summed E-state index contributed by atoms with van der Waals surface area (Å²) in [6.07, 6.45) is 0. The largest absolute Gasteiger partial charge is 0.395 e. The fourth-order valence-electron chi connectivity index (χ4n) is 2.32. The van der Waals surface area contributed by atoms with E-state index in [9.17, 15) is 0 Å². The zero-order valence-electron chi connectivity index (χ0n) is 14.2. The molecule has 0 spiro atoms. The summed E-state index contributed by atoms with van der Waals surface area (Å²) in [6.45, 7) is 2.58. The monoisotopic (exact) mass is 392 g/mol. The van der Waals surface area contributed by atoms with E-state index in [1.807, 2.05) is 37.3 Å². The lowest BCUT2D eigenvalue weighted by molar-refractivity contribution is 0.302. The van der Waals surface area contributed by atoms with E-state index in [0.717, 1.165) is 21.6 Å². The van der Waals surface area contributed by atoms with Gasteiger partial charge in [0, 0.05) is 17.0 Å². The lowest BCUT2D eigenvalue weighted by Crippen LogP contribution is -2.26. The van der Waals surface area contributed by atoms with E-state index in [1.165, 1.54) is 11.9 Å². The maximum Gasteiger partial charge on any atom is 0.223 e. The quantitative estimate of drug-likeness (QED) is 0.221. The summed E-state index contributed by atoms with van der Waals surface area (Å²) >= 11 is 7.92. The van der Waals surface area contributed by atoms with Gasteiger partial charge in [0.1, 0.15) is 0 Å². The van der Waals surface area contributed by atoms with Gasteiger partial charge in [0.25, 0.3) is 0 Å². The Kier molecular flexibility index (Phi) is 7.28. The summed E-state index contributed by atoms with van der Waals surface area (Å²) in [5, 5.41) is 9.35. The van der Waals surface area contributed by atoms with E-state index in [1.54, 1.807) is 6.07 Å². The molecule has 0 saturated carbocycles. The standard InChI is InChI=1S/C17H21ClN6OS/c1-10-8-12(23-17(21)24-16(19)20)9-14(18)15(10)11-2-4-13(5-3-11)26-22-6-7-25/h2-5,8-9,22,25H,6-7H2,1H3,(H6,19,20,21,23,24). The minimum Gasteiger partial charge on any atom is -0.395 e. The van der Waals surface area contributed by atoms with Gasteiger partial charge in [-0.05, 0) is 54.3 Å². The van der Waals surface area contributed by atoms with Crippen molar-refractivity contribution < 1.29 is 5.11 Å². The van der Waals surface area contributed by atoms with Gasteiger partial charge in [0.15, 0.2) is 5.96 Å². The molecule has 9 heteroatoms. The highest BCUT2D eigenvalue weighted by atomic mass is 35.5. The SMILES string of the molecule is Cc1cc(N=C(N)N=C(N)N)cc(Cl)c1-c1ccc(SNCCO)cc1. The Hall–Kier alpha value is -2.26. The first-order chi connectivity index (χ1) is 12.4. The van der Waals surface area contributed by atoms with Gasteiger partial charge >= 0.3 is 0 Å². The van der Waals surface area contributed by atoms with Crippen molar-refractivity contribution in [1.29, 1.82) is 0 Å². The predicted octanol–water partition coefficient (Wildman–Crippen LogP) is 2.12. The smallest absolute Gasteiger partial charge is 0.223 e. The van der Waals surface area contributed by atoms with E-state index in [-0.39, 0.29) is 18.5 Å². The summed E-state index contributed by atoms with van der Waals surface area (Å²) in [5.41, 5.74) is 19.7. The molecule has 138 valence electrons. The van der Waals surface area contributed by atoms with Crippen LogP contribution in [-0.2, 0) is 0 Å². The molecule has 2 aromatic rings. The van der Waals surface area contributed by atoms with Gasteiger partial charge < -0.3 is 22.3 Å². The molecule has 8 N–H and O–H groups in total. The Balaban J connectivity index is 2.26. The number of nitrogens with two attached hydrogens (primary N) is 3. The minimum atomic E-state index is -0.155. The van der Waals surface area contributed by atoms with E-state index in [2.05, 4.69) is 14.7 Å². The maximum absolute atomic E-state index is 8.79. The van der Waals surface area contributed by atoms with Crippen molar-refractivity contribution in [3.05, 3.63) is 47.0 Å². The first kappa shape index (κ1) is 20.1. The van der Waals surface area contributed by atoms with Crippen LogP contribution >= 0.6 is 23.5 Å². The average Bonchev–Trinajstić information content (AvgIpc) is 2.55. The third-order valence-corrected chi connectivity index (χ3v) is 4.46. The average molecular weight is 393 g/mol. The second-order valence-electron chi connectivity index (χ2n) is 5.37. The Morgan fingerprint density at radius 2 is 1.88 bits per heavy atom. The molecule has 0 heterocycles. The van der Waals surface area contributed by atoms with Gasteiger partial charge in [-0.15, -0.1) is 0 Å². The molecule has 0 bridgehead atoms. The number of benzene rings is 2. The van der Waals surface area contributed by atoms with Crippen LogP contribution in [0.4, 0.5) is 5.69 Å². The first-order valence-corrected chi connectivity index (χ1v) is 8.95. The molecule has 0 amide bonds. The number of hydrogen-bond acceptors (Lipinski definition) is 4. The van der Waals surface area contributed by atoms with Gasteiger partial charge in [0.2, 0.25) is 5.96 Å². The van der Waals surface area contributed by atoms with Crippen molar-refractivity contribution in [2.24, 2.45) is 27.2 Å². The van der Waals surface area contributed by atoms with Crippen molar-refractivity contribution in [1.82, 2.24) is 4.72 Å². The Bertz CT molecular complexity index is 795. The number of aliphatic hydroxyl groups is 1. The molecule has 0 aliphatic heterocycles. The predicted molar refractivity (Wildman–Crippen MR) is 110 cm³/mol. The molecule has 0 unspecified atom stereocenters. The van der Waals surface area contributed by atoms with Crippen molar-refractivity contribution in [3.8, 4) is 11.1 Å². The highest BCUT2D eigenvalue weighted by Crippen LogP contribution is 2.35. The number of halogens is 1. The van der Waals surface area contributed by atoms with Gasteiger partial charge in [0.05, 0.1) is 17.3 Å². The summed E-state index contributed by atoms with van der Waals surface area (Å²) < 4.78 is 3.06. The third kappa shape index (κ3) is 5.63. The molecule has 2 aromatic carbocycles. The molecule has 2 rings (SSSR count). The molecular formula is C17H21ClN6OS. The summed E-state index contributed by atoms with van der Waals surface area (Å²) in [4.78, 5) is 8.87. The number of hydrogen-bond donors (Lipinski definition) is 5. The summed E-state index contributed by atoms with van der Waals surface area (Å²) in [5.74, 6) is -0.192. The van der Waals surface area contributed by atoms with Crippen LogP contribution in [0.1, 0.15) is 5.56 Å². The normalized spacial score (nSPS) is 11.4. The van der Waals surface area contributed by atoms with Crippen molar-refractivity contribution in [2.45, 2.75) is 11.8 Å². The van der Waals surface area contributed by atoms with E-state index >= 15 is 0 Å². The topological polar surface area (TPSA) is 135 Å². The van der Waals surface area contributed by atoms with Crippen molar-refractivity contribution >= 4 is 41.2 Å². The molecule has 0 radical (unpaired) electrons. The zero-order chi connectivity index (χ0) is 19.1. The number of aryl methyl sites for hydroxylation is 1. The number of nitrogens with zero attached hydrogens (tertiary/aromatic N) is 2. The fraction of sp³-hybridized carbons (Fsp3) is 0.176. The molecule has 0 saturated heterocycles. The molecule has 7 nitrogen and oxygen atoms in total. The molecule has 0 aliphatic carbocycles. The molecule has 0 atom stereocenters. The molecule has 0 aliphatic rings. The molecule has 0 aromatic heterocycles. The van der Waals surface area contributed by atoms with E-state index < -0.39 is 0 Å². The van der Waals surface area contributed by atoms with E-state index in [0.29, 0.717) is 17.3 Å². The number of nitrogens with one attached hydrogen (secondary N) is 1. The van der Waals surface area contributed by atoms with Gasteiger partial charge in [-0.1, -0.05) is 23.7 Å². The summed E-state index contributed by atoms with van der Waals surface area (Å²) in [7, 11) is 0. The maximum atomic E-state index is 8.79. The van der Waals surface area contributed by atoms with Crippen LogP contribution in [0.25, 0.3) is 11.1 Å². The third-order valence-electron chi connectivity index (χ3n) is 3.31. The molecule has 26 heavy (non-hydrogen) atoms. The minimum absolute atomic E-state index is 0.0371. The highest BCUT2D eigenvalue weighted by molar-refractivity contribution is 7.97. The van der Waals surface area contributed by atoms with E-state index in [4.69, 9.17) is 33.9 Å². The van der Waals surface area contributed by atoms with Crippen molar-refractivity contribution in [3.63, 3.8) is 0 Å².